The predicted molar refractivity (Wildman–Crippen MR) is 48.5 cm³/mol. The molecule has 0 unspecified atom stereocenters. The van der Waals surface area contributed by atoms with Crippen LogP contribution in [0.5, 0.6) is 0 Å². The van der Waals surface area contributed by atoms with Crippen molar-refractivity contribution in [2.45, 2.75) is 6.42 Å². The highest BCUT2D eigenvalue weighted by atomic mass is 19.2. The Balaban J connectivity index is 2.38. The van der Waals surface area contributed by atoms with Crippen LogP contribution in [0.4, 0.5) is 8.78 Å². The van der Waals surface area contributed by atoms with E-state index in [1.165, 1.54) is 6.07 Å². The number of carbonyl (C=O) groups is 1. The zero-order valence-electron chi connectivity index (χ0n) is 7.87. The monoisotopic (exact) mass is 216 g/mol. The standard InChI is InChI=1S/C10H10F2O3/c11-8-2-1-7(5-9(8)12)3-4-15-6-10(13)14/h1-2,5H,3-4,6H2,(H,13,14). The Hall–Kier alpha value is -1.49. The summed E-state index contributed by atoms with van der Waals surface area (Å²) in [5, 5.41) is 8.26. The molecule has 0 aliphatic carbocycles. The van der Waals surface area contributed by atoms with Crippen LogP contribution in [0.2, 0.25) is 0 Å². The van der Waals surface area contributed by atoms with Gasteiger partial charge < -0.3 is 9.84 Å². The van der Waals surface area contributed by atoms with E-state index in [0.29, 0.717) is 12.0 Å². The molecule has 0 atom stereocenters. The lowest BCUT2D eigenvalue weighted by Gasteiger charge is -2.02. The van der Waals surface area contributed by atoms with Gasteiger partial charge in [-0.2, -0.15) is 0 Å². The normalized spacial score (nSPS) is 10.3. The van der Waals surface area contributed by atoms with Gasteiger partial charge in [0.25, 0.3) is 0 Å². The van der Waals surface area contributed by atoms with Crippen molar-refractivity contribution in [2.75, 3.05) is 13.2 Å². The Morgan fingerprint density at radius 2 is 2.07 bits per heavy atom. The Bertz CT molecular complexity index is 353. The zero-order valence-corrected chi connectivity index (χ0v) is 7.87. The summed E-state index contributed by atoms with van der Waals surface area (Å²) in [6.45, 7) is -0.221. The maximum absolute atomic E-state index is 12.7. The van der Waals surface area contributed by atoms with E-state index >= 15 is 0 Å². The average Bonchev–Trinajstić information content (AvgIpc) is 2.18. The lowest BCUT2D eigenvalue weighted by Crippen LogP contribution is -2.09. The average molecular weight is 216 g/mol. The van der Waals surface area contributed by atoms with E-state index in [1.807, 2.05) is 0 Å². The quantitative estimate of drug-likeness (QED) is 0.760. The summed E-state index contributed by atoms with van der Waals surface area (Å²) in [7, 11) is 0. The lowest BCUT2D eigenvalue weighted by molar-refractivity contribution is -0.142. The fourth-order valence-electron chi connectivity index (χ4n) is 1.04. The van der Waals surface area contributed by atoms with Crippen LogP contribution in [0.1, 0.15) is 5.56 Å². The van der Waals surface area contributed by atoms with Gasteiger partial charge in [-0.25, -0.2) is 13.6 Å². The molecule has 1 aromatic rings. The van der Waals surface area contributed by atoms with Crippen LogP contribution < -0.4 is 0 Å². The molecule has 0 amide bonds. The highest BCUT2D eigenvalue weighted by molar-refractivity contribution is 5.67. The van der Waals surface area contributed by atoms with Gasteiger partial charge in [0.05, 0.1) is 6.61 Å². The number of aliphatic carboxylic acids is 1. The summed E-state index contributed by atoms with van der Waals surface area (Å²) in [6, 6.07) is 3.53. The third kappa shape index (κ3) is 4.03. The van der Waals surface area contributed by atoms with Gasteiger partial charge >= 0.3 is 5.97 Å². The summed E-state index contributed by atoms with van der Waals surface area (Å²) < 4.78 is 30.0. The second-order valence-corrected chi connectivity index (χ2v) is 2.94. The van der Waals surface area contributed by atoms with Crippen molar-refractivity contribution < 1.29 is 23.4 Å². The molecular weight excluding hydrogens is 206 g/mol. The van der Waals surface area contributed by atoms with Crippen LogP contribution in [0, 0.1) is 11.6 Å². The molecule has 0 radical (unpaired) electrons. The van der Waals surface area contributed by atoms with Crippen LogP contribution in [-0.4, -0.2) is 24.3 Å². The van der Waals surface area contributed by atoms with E-state index in [4.69, 9.17) is 9.84 Å². The number of benzene rings is 1. The number of hydrogen-bond acceptors (Lipinski definition) is 2. The third-order valence-corrected chi connectivity index (χ3v) is 1.74. The van der Waals surface area contributed by atoms with Crippen LogP contribution >= 0.6 is 0 Å². The van der Waals surface area contributed by atoms with E-state index in [2.05, 4.69) is 0 Å². The summed E-state index contributed by atoms with van der Waals surface area (Å²) in [5.74, 6) is -2.86. The van der Waals surface area contributed by atoms with Gasteiger partial charge in [0, 0.05) is 0 Å². The minimum absolute atomic E-state index is 0.164. The molecule has 0 spiro atoms. The summed E-state index contributed by atoms with van der Waals surface area (Å²) in [5.41, 5.74) is 0.569. The van der Waals surface area contributed by atoms with Crippen molar-refractivity contribution in [3.8, 4) is 0 Å². The second-order valence-electron chi connectivity index (χ2n) is 2.94. The van der Waals surface area contributed by atoms with Gasteiger partial charge in [0.15, 0.2) is 11.6 Å². The van der Waals surface area contributed by atoms with Crippen molar-refractivity contribution in [3.63, 3.8) is 0 Å². The van der Waals surface area contributed by atoms with Crippen LogP contribution in [0.25, 0.3) is 0 Å². The zero-order chi connectivity index (χ0) is 11.3. The summed E-state index contributed by atoms with van der Waals surface area (Å²) in [6.07, 6.45) is 0.352. The minimum atomic E-state index is -1.06. The Morgan fingerprint density at radius 3 is 2.67 bits per heavy atom. The number of hydrogen-bond donors (Lipinski definition) is 1. The molecule has 1 aromatic carbocycles. The van der Waals surface area contributed by atoms with Crippen molar-refractivity contribution >= 4 is 5.97 Å². The Labute approximate surface area is 85.3 Å². The van der Waals surface area contributed by atoms with Gasteiger partial charge in [-0.1, -0.05) is 6.07 Å². The predicted octanol–water partition coefficient (Wildman–Crippen LogP) is 1.61. The summed E-state index contributed by atoms with van der Waals surface area (Å²) in [4.78, 5) is 10.1. The first-order chi connectivity index (χ1) is 7.09. The largest absolute Gasteiger partial charge is 0.480 e. The lowest BCUT2D eigenvalue weighted by atomic mass is 10.1. The number of ether oxygens (including phenoxy) is 1. The molecule has 5 heteroatoms. The maximum atomic E-state index is 12.7. The van der Waals surface area contributed by atoms with Crippen molar-refractivity contribution in [1.29, 1.82) is 0 Å². The first-order valence-corrected chi connectivity index (χ1v) is 4.33. The highest BCUT2D eigenvalue weighted by Gasteiger charge is 2.02. The van der Waals surface area contributed by atoms with Crippen LogP contribution in [0.15, 0.2) is 18.2 Å². The highest BCUT2D eigenvalue weighted by Crippen LogP contribution is 2.09. The molecule has 1 rings (SSSR count). The van der Waals surface area contributed by atoms with Crippen LogP contribution in [-0.2, 0) is 16.0 Å². The van der Waals surface area contributed by atoms with Gasteiger partial charge in [0.1, 0.15) is 6.61 Å². The van der Waals surface area contributed by atoms with Crippen molar-refractivity contribution in [2.24, 2.45) is 0 Å². The SMILES string of the molecule is O=C(O)COCCc1ccc(F)c(F)c1. The fourth-order valence-corrected chi connectivity index (χ4v) is 1.04. The molecular formula is C10H10F2O3. The topological polar surface area (TPSA) is 46.5 Å². The smallest absolute Gasteiger partial charge is 0.329 e. The fraction of sp³-hybridized carbons (Fsp3) is 0.300. The number of carboxylic acid groups (broad SMARTS) is 1. The number of rotatable bonds is 5. The summed E-state index contributed by atoms with van der Waals surface area (Å²) >= 11 is 0. The van der Waals surface area contributed by atoms with E-state index < -0.39 is 17.6 Å². The Kier molecular flexibility index (Phi) is 4.17. The molecule has 0 bridgehead atoms. The van der Waals surface area contributed by atoms with E-state index in [-0.39, 0.29) is 13.2 Å². The molecule has 0 fully saturated rings. The third-order valence-electron chi connectivity index (χ3n) is 1.74. The Morgan fingerprint density at radius 1 is 1.33 bits per heavy atom. The molecule has 1 N–H and O–H groups in total. The number of halogens is 2. The molecule has 3 nitrogen and oxygen atoms in total. The van der Waals surface area contributed by atoms with Gasteiger partial charge in [-0.05, 0) is 24.1 Å². The molecule has 0 saturated heterocycles. The molecule has 0 aliphatic heterocycles. The van der Waals surface area contributed by atoms with Gasteiger partial charge in [-0.3, -0.25) is 0 Å². The van der Waals surface area contributed by atoms with E-state index in [9.17, 15) is 13.6 Å². The van der Waals surface area contributed by atoms with Crippen molar-refractivity contribution in [1.82, 2.24) is 0 Å². The maximum Gasteiger partial charge on any atom is 0.329 e. The van der Waals surface area contributed by atoms with E-state index in [1.54, 1.807) is 0 Å². The number of carboxylic acids is 1. The molecule has 0 aromatic heterocycles. The van der Waals surface area contributed by atoms with E-state index in [0.717, 1.165) is 12.1 Å². The molecule has 0 aliphatic rings. The van der Waals surface area contributed by atoms with Crippen molar-refractivity contribution in [3.05, 3.63) is 35.4 Å². The van der Waals surface area contributed by atoms with Gasteiger partial charge in [-0.15, -0.1) is 0 Å². The first kappa shape index (κ1) is 11.6. The minimum Gasteiger partial charge on any atom is -0.480 e. The second kappa shape index (κ2) is 5.41. The van der Waals surface area contributed by atoms with Gasteiger partial charge in [0.2, 0.25) is 0 Å². The van der Waals surface area contributed by atoms with Crippen LogP contribution in [0.3, 0.4) is 0 Å². The molecule has 82 valence electrons. The molecule has 15 heavy (non-hydrogen) atoms. The molecule has 0 saturated carbocycles. The first-order valence-electron chi connectivity index (χ1n) is 4.33. The molecule has 0 heterocycles.